The normalized spacial score (nSPS) is 16.1. The Hall–Kier alpha value is -3.06. The number of aliphatic hydroxyl groups is 1. The van der Waals surface area contributed by atoms with E-state index in [1.165, 1.54) is 6.20 Å². The van der Waals surface area contributed by atoms with Crippen molar-refractivity contribution in [3.8, 4) is 11.3 Å². The summed E-state index contributed by atoms with van der Waals surface area (Å²) in [5.41, 5.74) is 2.16. The number of likely N-dealkylation sites (tertiary alicyclic amines) is 1. The smallest absolute Gasteiger partial charge is 0.255 e. The van der Waals surface area contributed by atoms with Gasteiger partial charge in [0.15, 0.2) is 0 Å². The molecule has 0 spiro atoms. The van der Waals surface area contributed by atoms with E-state index in [9.17, 15) is 9.90 Å². The van der Waals surface area contributed by atoms with Gasteiger partial charge in [-0.3, -0.25) is 4.79 Å². The zero-order chi connectivity index (χ0) is 19.5. The number of imidazole rings is 1. The maximum absolute atomic E-state index is 12.9. The number of hydrogen-bond acceptors (Lipinski definition) is 5. The lowest BCUT2D eigenvalue weighted by molar-refractivity contribution is 0.0420. The van der Waals surface area contributed by atoms with Crippen LogP contribution in [-0.2, 0) is 7.05 Å². The molecule has 0 saturated carbocycles. The number of aliphatic hydroxyl groups excluding tert-OH is 1. The molecule has 28 heavy (non-hydrogen) atoms. The summed E-state index contributed by atoms with van der Waals surface area (Å²) in [6.07, 6.45) is 5.91. The van der Waals surface area contributed by atoms with Crippen LogP contribution in [0, 0.1) is 5.92 Å². The third-order valence-electron chi connectivity index (χ3n) is 5.37. The standard InChI is InChI=1S/C21H23N5O2/c1-25-12-9-22-20(25)19(27)16-7-10-26(11-8-16)21(28)17-13-18(24-23-14-17)15-5-3-2-4-6-15/h2-6,9,12-14,16,19,27H,7-8,10-11H2,1H3. The van der Waals surface area contributed by atoms with E-state index in [1.54, 1.807) is 12.3 Å². The van der Waals surface area contributed by atoms with Gasteiger partial charge < -0.3 is 14.6 Å². The summed E-state index contributed by atoms with van der Waals surface area (Å²) in [6.45, 7) is 1.21. The molecule has 0 aliphatic carbocycles. The zero-order valence-electron chi connectivity index (χ0n) is 15.8. The quantitative estimate of drug-likeness (QED) is 0.755. The van der Waals surface area contributed by atoms with Crippen LogP contribution < -0.4 is 0 Å². The molecule has 7 heteroatoms. The fraction of sp³-hybridized carbons (Fsp3) is 0.333. The SMILES string of the molecule is Cn1ccnc1C(O)C1CCN(C(=O)c2cnnc(-c3ccccc3)c2)CC1. The molecule has 144 valence electrons. The maximum Gasteiger partial charge on any atom is 0.255 e. The van der Waals surface area contributed by atoms with Gasteiger partial charge in [-0.25, -0.2) is 4.98 Å². The van der Waals surface area contributed by atoms with E-state index in [2.05, 4.69) is 15.2 Å². The lowest BCUT2D eigenvalue weighted by atomic mass is 9.90. The molecule has 4 rings (SSSR count). The highest BCUT2D eigenvalue weighted by Gasteiger charge is 2.30. The first-order valence-corrected chi connectivity index (χ1v) is 9.46. The average molecular weight is 377 g/mol. The number of piperidine rings is 1. The maximum atomic E-state index is 12.9. The van der Waals surface area contributed by atoms with Crippen molar-refractivity contribution in [2.75, 3.05) is 13.1 Å². The van der Waals surface area contributed by atoms with Crippen LogP contribution in [0.15, 0.2) is 55.0 Å². The van der Waals surface area contributed by atoms with E-state index in [1.807, 2.05) is 53.0 Å². The molecule has 7 nitrogen and oxygen atoms in total. The molecule has 2 aromatic heterocycles. The largest absolute Gasteiger partial charge is 0.385 e. The molecular formula is C21H23N5O2. The van der Waals surface area contributed by atoms with Crippen LogP contribution in [0.5, 0.6) is 0 Å². The molecule has 0 radical (unpaired) electrons. The van der Waals surface area contributed by atoms with Gasteiger partial charge in [-0.1, -0.05) is 30.3 Å². The molecule has 1 unspecified atom stereocenters. The molecule has 1 atom stereocenters. The number of hydrogen-bond donors (Lipinski definition) is 1. The first-order chi connectivity index (χ1) is 13.6. The van der Waals surface area contributed by atoms with Crippen LogP contribution in [0.3, 0.4) is 0 Å². The lowest BCUT2D eigenvalue weighted by Crippen LogP contribution is -2.40. The minimum atomic E-state index is -0.607. The Labute approximate surface area is 163 Å². The number of amides is 1. The summed E-state index contributed by atoms with van der Waals surface area (Å²) >= 11 is 0. The third kappa shape index (κ3) is 3.66. The molecule has 1 fully saturated rings. The summed E-state index contributed by atoms with van der Waals surface area (Å²) < 4.78 is 1.84. The Morgan fingerprint density at radius 3 is 2.64 bits per heavy atom. The second-order valence-corrected chi connectivity index (χ2v) is 7.17. The molecule has 1 aliphatic rings. The second kappa shape index (κ2) is 7.90. The second-order valence-electron chi connectivity index (χ2n) is 7.17. The van der Waals surface area contributed by atoms with Crippen molar-refractivity contribution in [1.82, 2.24) is 24.6 Å². The highest BCUT2D eigenvalue weighted by molar-refractivity contribution is 5.94. The van der Waals surface area contributed by atoms with Crippen molar-refractivity contribution < 1.29 is 9.90 Å². The Balaban J connectivity index is 1.42. The van der Waals surface area contributed by atoms with Crippen molar-refractivity contribution in [1.29, 1.82) is 0 Å². The van der Waals surface area contributed by atoms with Gasteiger partial charge in [0.2, 0.25) is 0 Å². The minimum Gasteiger partial charge on any atom is -0.385 e. The number of carbonyl (C=O) groups is 1. The fourth-order valence-electron chi connectivity index (χ4n) is 3.71. The molecule has 1 aliphatic heterocycles. The highest BCUT2D eigenvalue weighted by Crippen LogP contribution is 2.30. The van der Waals surface area contributed by atoms with Crippen LogP contribution >= 0.6 is 0 Å². The Bertz CT molecular complexity index is 948. The van der Waals surface area contributed by atoms with Gasteiger partial charge in [-0.05, 0) is 24.8 Å². The Morgan fingerprint density at radius 1 is 1.21 bits per heavy atom. The number of carbonyl (C=O) groups excluding carboxylic acids is 1. The van der Waals surface area contributed by atoms with Gasteiger partial charge in [0.05, 0.1) is 17.5 Å². The molecule has 1 amide bonds. The fourth-order valence-corrected chi connectivity index (χ4v) is 3.71. The van der Waals surface area contributed by atoms with E-state index in [4.69, 9.17) is 0 Å². The van der Waals surface area contributed by atoms with E-state index in [-0.39, 0.29) is 11.8 Å². The van der Waals surface area contributed by atoms with Crippen molar-refractivity contribution in [3.63, 3.8) is 0 Å². The third-order valence-corrected chi connectivity index (χ3v) is 5.37. The van der Waals surface area contributed by atoms with Crippen molar-refractivity contribution in [3.05, 3.63) is 66.4 Å². The first-order valence-electron chi connectivity index (χ1n) is 9.46. The van der Waals surface area contributed by atoms with Crippen molar-refractivity contribution >= 4 is 5.91 Å². The zero-order valence-corrected chi connectivity index (χ0v) is 15.8. The van der Waals surface area contributed by atoms with E-state index in [0.717, 1.165) is 18.4 Å². The van der Waals surface area contributed by atoms with E-state index in [0.29, 0.717) is 30.2 Å². The molecule has 0 bridgehead atoms. The van der Waals surface area contributed by atoms with E-state index >= 15 is 0 Å². The summed E-state index contributed by atoms with van der Waals surface area (Å²) in [6, 6.07) is 11.5. The predicted molar refractivity (Wildman–Crippen MR) is 104 cm³/mol. The van der Waals surface area contributed by atoms with Gasteiger partial charge in [-0.15, -0.1) is 0 Å². The van der Waals surface area contributed by atoms with Gasteiger partial charge in [0, 0.05) is 38.1 Å². The van der Waals surface area contributed by atoms with E-state index < -0.39 is 6.10 Å². The van der Waals surface area contributed by atoms with Crippen LogP contribution in [0.4, 0.5) is 0 Å². The monoisotopic (exact) mass is 377 g/mol. The first kappa shape index (κ1) is 18.3. The van der Waals surface area contributed by atoms with Crippen LogP contribution in [0.2, 0.25) is 0 Å². The number of aryl methyl sites for hydroxylation is 1. The molecular weight excluding hydrogens is 354 g/mol. The van der Waals surface area contributed by atoms with Gasteiger partial charge >= 0.3 is 0 Å². The van der Waals surface area contributed by atoms with Crippen molar-refractivity contribution in [2.24, 2.45) is 13.0 Å². The van der Waals surface area contributed by atoms with Gasteiger partial charge in [-0.2, -0.15) is 10.2 Å². The predicted octanol–water partition coefficient (Wildman–Crippen LogP) is 2.46. The summed E-state index contributed by atoms with van der Waals surface area (Å²) in [5.74, 6) is 0.730. The number of nitrogens with zero attached hydrogens (tertiary/aromatic N) is 5. The van der Waals surface area contributed by atoms with Crippen LogP contribution in [-0.4, -0.2) is 48.8 Å². The minimum absolute atomic E-state index is 0.0444. The van der Waals surface area contributed by atoms with Gasteiger partial charge in [0.1, 0.15) is 11.9 Å². The van der Waals surface area contributed by atoms with Crippen molar-refractivity contribution in [2.45, 2.75) is 18.9 Å². The molecule has 1 saturated heterocycles. The van der Waals surface area contributed by atoms with Crippen LogP contribution in [0.25, 0.3) is 11.3 Å². The summed E-state index contributed by atoms with van der Waals surface area (Å²) in [7, 11) is 1.88. The number of aromatic nitrogens is 4. The average Bonchev–Trinajstić information content (AvgIpc) is 3.19. The van der Waals surface area contributed by atoms with Gasteiger partial charge in [0.25, 0.3) is 5.91 Å². The highest BCUT2D eigenvalue weighted by atomic mass is 16.3. The summed E-state index contributed by atoms with van der Waals surface area (Å²) in [4.78, 5) is 19.0. The molecule has 1 N–H and O–H groups in total. The number of rotatable bonds is 4. The number of benzene rings is 1. The van der Waals surface area contributed by atoms with Crippen LogP contribution in [0.1, 0.15) is 35.1 Å². The topological polar surface area (TPSA) is 84.1 Å². The summed E-state index contributed by atoms with van der Waals surface area (Å²) in [5, 5.41) is 18.8. The Kier molecular flexibility index (Phi) is 5.16. The molecule has 3 heterocycles. The molecule has 1 aromatic carbocycles. The molecule has 3 aromatic rings. The Morgan fingerprint density at radius 2 is 1.96 bits per heavy atom. The lowest BCUT2D eigenvalue weighted by Gasteiger charge is -2.34.